The van der Waals surface area contributed by atoms with Crippen LogP contribution in [0.15, 0.2) is 67.0 Å². The SMILES string of the molecule is CCN(CC)CCNC(=O)c1c(C)[nH]c(/C=C2\C(=O)Nc3ccc(F)cc32)c1C.COc1cc2ncnc(Nc3ccc(F)c(Cl)c3)c2cc1CC(=O)/C=C/CN1CCCCC1. The number of benzene rings is 3. The second kappa shape index (κ2) is 21.2. The number of rotatable bonds is 15. The number of halogens is 3. The number of carbonyl (C=O) groups excluding carboxylic acids is 3. The number of ketones is 1. The summed E-state index contributed by atoms with van der Waals surface area (Å²) in [6, 6.07) is 12.2. The van der Waals surface area contributed by atoms with Gasteiger partial charge in [-0.05, 0) is 113 Å². The number of carbonyl (C=O) groups is 3. The Labute approximate surface area is 365 Å². The molecule has 7 rings (SSSR count). The summed E-state index contributed by atoms with van der Waals surface area (Å²) in [4.78, 5) is 54.1. The fourth-order valence-corrected chi connectivity index (χ4v) is 7.83. The van der Waals surface area contributed by atoms with Crippen molar-refractivity contribution in [2.75, 3.05) is 63.6 Å². The van der Waals surface area contributed by atoms with Crippen molar-refractivity contribution in [3.05, 3.63) is 117 Å². The highest BCUT2D eigenvalue weighted by Gasteiger charge is 2.26. The van der Waals surface area contributed by atoms with E-state index in [4.69, 9.17) is 16.3 Å². The van der Waals surface area contributed by atoms with Crippen LogP contribution in [0.5, 0.6) is 5.75 Å². The second-order valence-electron chi connectivity index (χ2n) is 15.2. The first-order valence-corrected chi connectivity index (χ1v) is 21.2. The van der Waals surface area contributed by atoms with Crippen molar-refractivity contribution in [1.82, 2.24) is 30.1 Å². The Morgan fingerprint density at radius 3 is 2.52 bits per heavy atom. The summed E-state index contributed by atoms with van der Waals surface area (Å²) in [6.45, 7) is 14.1. The molecule has 4 N–H and O–H groups in total. The molecule has 5 aromatic rings. The number of likely N-dealkylation sites (tertiary alicyclic amines) is 1. The number of hydrogen-bond acceptors (Lipinski definition) is 9. The van der Waals surface area contributed by atoms with Crippen molar-refractivity contribution in [3.63, 3.8) is 0 Å². The van der Waals surface area contributed by atoms with Crippen LogP contribution in [-0.2, 0) is 16.0 Å². The van der Waals surface area contributed by atoms with Gasteiger partial charge in [-0.15, -0.1) is 0 Å². The van der Waals surface area contributed by atoms with E-state index in [-0.39, 0.29) is 29.0 Å². The second-order valence-corrected chi connectivity index (χ2v) is 15.6. The van der Waals surface area contributed by atoms with E-state index in [2.05, 4.69) is 54.5 Å². The molecule has 62 heavy (non-hydrogen) atoms. The number of hydrogen-bond donors (Lipinski definition) is 4. The van der Waals surface area contributed by atoms with Crippen molar-refractivity contribution in [1.29, 1.82) is 0 Å². The molecule has 0 saturated carbocycles. The predicted octanol–water partition coefficient (Wildman–Crippen LogP) is 8.66. The zero-order chi connectivity index (χ0) is 44.3. The molecule has 2 amide bonds. The van der Waals surface area contributed by atoms with Crippen LogP contribution >= 0.6 is 11.6 Å². The number of aromatic amines is 1. The summed E-state index contributed by atoms with van der Waals surface area (Å²) in [6.07, 6.45) is 10.6. The van der Waals surface area contributed by atoms with Crippen LogP contribution in [0.2, 0.25) is 5.02 Å². The quantitative estimate of drug-likeness (QED) is 0.0761. The number of allylic oxidation sites excluding steroid dienone is 1. The maximum absolute atomic E-state index is 13.7. The van der Waals surface area contributed by atoms with E-state index in [0.717, 1.165) is 61.5 Å². The maximum atomic E-state index is 13.7. The highest BCUT2D eigenvalue weighted by molar-refractivity contribution is 6.35. The number of aromatic nitrogens is 3. The van der Waals surface area contributed by atoms with Gasteiger partial charge in [-0.25, -0.2) is 18.7 Å². The van der Waals surface area contributed by atoms with Gasteiger partial charge in [0.25, 0.3) is 11.8 Å². The fraction of sp³-hybridized carbons (Fsp3) is 0.340. The lowest BCUT2D eigenvalue weighted by Crippen LogP contribution is -2.35. The number of nitrogens with one attached hydrogen (secondary N) is 4. The van der Waals surface area contributed by atoms with Crippen LogP contribution < -0.4 is 20.7 Å². The molecular formula is C47H53ClF2N8O4. The number of H-pyrrole nitrogens is 1. The summed E-state index contributed by atoms with van der Waals surface area (Å²) in [5.41, 5.74) is 6.20. The molecule has 2 aromatic heterocycles. The molecule has 0 bridgehead atoms. The predicted molar refractivity (Wildman–Crippen MR) is 242 cm³/mol. The molecule has 2 aliphatic rings. The van der Waals surface area contributed by atoms with Gasteiger partial charge >= 0.3 is 0 Å². The fourth-order valence-electron chi connectivity index (χ4n) is 7.65. The lowest BCUT2D eigenvalue weighted by Gasteiger charge is -2.24. The lowest BCUT2D eigenvalue weighted by atomic mass is 10.0. The van der Waals surface area contributed by atoms with E-state index < -0.39 is 11.6 Å². The van der Waals surface area contributed by atoms with Gasteiger partial charge in [-0.2, -0.15) is 0 Å². The summed E-state index contributed by atoms with van der Waals surface area (Å²) in [7, 11) is 1.57. The molecule has 1 fully saturated rings. The smallest absolute Gasteiger partial charge is 0.256 e. The van der Waals surface area contributed by atoms with Crippen molar-refractivity contribution in [2.45, 2.75) is 53.4 Å². The molecule has 3 aromatic carbocycles. The van der Waals surface area contributed by atoms with Crippen LogP contribution in [0.3, 0.4) is 0 Å². The Morgan fingerprint density at radius 2 is 1.79 bits per heavy atom. The van der Waals surface area contributed by atoms with E-state index in [1.165, 1.54) is 49.9 Å². The van der Waals surface area contributed by atoms with Crippen molar-refractivity contribution in [2.24, 2.45) is 0 Å². The molecule has 4 heterocycles. The van der Waals surface area contributed by atoms with Gasteiger partial charge in [-0.1, -0.05) is 37.9 Å². The molecule has 0 atom stereocenters. The number of fused-ring (bicyclic) bond motifs is 2. The highest BCUT2D eigenvalue weighted by Crippen LogP contribution is 2.35. The Bertz CT molecular complexity index is 2490. The van der Waals surface area contributed by atoms with Crippen LogP contribution in [-0.4, -0.2) is 95.3 Å². The standard InChI is InChI=1S/C25H26ClFN4O2.C22H27FN4O2/c1-33-24-15-23-20(25(29-16-28-23)30-18-7-8-22(27)21(26)14-18)13-17(24)12-19(32)6-5-11-31-9-3-2-4-10-31;1-5-27(6-2)10-9-24-22(29)20-13(3)19(25-14(20)4)12-17-16-11-15(23)7-8-18(16)26-21(17)28/h5-8,13-16H,2-4,9-12H2,1H3,(H,28,29,30);7-8,11-12,25H,5-6,9-10H2,1-4H3,(H,24,29)(H,26,28)/b6-5+;17-12-. The molecule has 0 radical (unpaired) electrons. The van der Waals surface area contributed by atoms with Gasteiger partial charge in [0.05, 0.1) is 28.8 Å². The van der Waals surface area contributed by atoms with Crippen molar-refractivity contribution in [3.8, 4) is 5.75 Å². The third-order valence-corrected chi connectivity index (χ3v) is 11.4. The minimum absolute atomic E-state index is 0.00124. The van der Waals surface area contributed by atoms with E-state index >= 15 is 0 Å². The van der Waals surface area contributed by atoms with Gasteiger partial charge in [-0.3, -0.25) is 19.3 Å². The maximum Gasteiger partial charge on any atom is 0.256 e. The van der Waals surface area contributed by atoms with Gasteiger partial charge in [0, 0.05) is 71.4 Å². The number of piperidine rings is 1. The van der Waals surface area contributed by atoms with Gasteiger partial charge in [0.15, 0.2) is 5.78 Å². The topological polar surface area (TPSA) is 145 Å². The van der Waals surface area contributed by atoms with Crippen LogP contribution in [0, 0.1) is 25.5 Å². The van der Waals surface area contributed by atoms with E-state index in [1.807, 2.05) is 26.0 Å². The van der Waals surface area contributed by atoms with Gasteiger partial charge in [0.1, 0.15) is 29.5 Å². The number of amides is 2. The third kappa shape index (κ3) is 11.3. The number of ether oxygens (including phenoxy) is 1. The first-order chi connectivity index (χ1) is 29.9. The zero-order valence-electron chi connectivity index (χ0n) is 35.8. The van der Waals surface area contributed by atoms with Crippen LogP contribution in [0.25, 0.3) is 22.6 Å². The molecule has 0 unspecified atom stereocenters. The number of anilines is 3. The van der Waals surface area contributed by atoms with E-state index in [9.17, 15) is 23.2 Å². The molecule has 12 nitrogen and oxygen atoms in total. The molecule has 1 saturated heterocycles. The Morgan fingerprint density at radius 1 is 1.02 bits per heavy atom. The summed E-state index contributed by atoms with van der Waals surface area (Å²) < 4.78 is 32.7. The highest BCUT2D eigenvalue weighted by atomic mass is 35.5. The van der Waals surface area contributed by atoms with E-state index in [1.54, 1.807) is 37.5 Å². The van der Waals surface area contributed by atoms with E-state index in [0.29, 0.717) is 57.4 Å². The minimum atomic E-state index is -0.492. The average molecular weight is 867 g/mol. The first-order valence-electron chi connectivity index (χ1n) is 20.9. The Balaban J connectivity index is 0.000000209. The number of methoxy groups -OCH3 is 1. The normalized spacial score (nSPS) is 14.5. The third-order valence-electron chi connectivity index (χ3n) is 11.1. The number of aryl methyl sites for hydroxylation is 1. The Kier molecular flexibility index (Phi) is 15.6. The van der Waals surface area contributed by atoms with Crippen LogP contribution in [0.4, 0.5) is 26.0 Å². The Hall–Kier alpha value is -5.96. The van der Waals surface area contributed by atoms with Gasteiger partial charge in [0.2, 0.25) is 0 Å². The van der Waals surface area contributed by atoms with Crippen LogP contribution in [0.1, 0.15) is 71.5 Å². The van der Waals surface area contributed by atoms with Crippen molar-refractivity contribution < 1.29 is 27.9 Å². The molecule has 2 aliphatic heterocycles. The molecule has 15 heteroatoms. The lowest BCUT2D eigenvalue weighted by molar-refractivity contribution is -0.114. The molecule has 0 spiro atoms. The largest absolute Gasteiger partial charge is 0.496 e. The number of nitrogens with zero attached hydrogens (tertiary/aromatic N) is 4. The zero-order valence-corrected chi connectivity index (χ0v) is 36.5. The van der Waals surface area contributed by atoms with Crippen molar-refractivity contribution >= 4 is 68.9 Å². The average Bonchev–Trinajstić information content (AvgIpc) is 3.73. The monoisotopic (exact) mass is 866 g/mol. The first kappa shape index (κ1) is 45.6. The minimum Gasteiger partial charge on any atom is -0.496 e. The van der Waals surface area contributed by atoms with Gasteiger partial charge < -0.3 is 30.6 Å². The summed E-state index contributed by atoms with van der Waals surface area (Å²) in [5.74, 6) is -0.207. The molecule has 0 aliphatic carbocycles. The summed E-state index contributed by atoms with van der Waals surface area (Å²) in [5, 5.41) is 9.60. The molecular weight excluding hydrogens is 814 g/mol. The summed E-state index contributed by atoms with van der Waals surface area (Å²) >= 11 is 5.90. The molecule has 326 valence electrons. The number of likely N-dealkylation sites (N-methyl/N-ethyl adjacent to an activating group) is 1.